The molecule has 0 amide bonds. The predicted octanol–water partition coefficient (Wildman–Crippen LogP) is 2.03. The Kier molecular flexibility index (Phi) is 3.65. The van der Waals surface area contributed by atoms with E-state index >= 15 is 0 Å². The first-order valence-electron chi connectivity index (χ1n) is 5.09. The van der Waals surface area contributed by atoms with Crippen molar-refractivity contribution in [2.75, 3.05) is 11.1 Å². The van der Waals surface area contributed by atoms with Gasteiger partial charge in [0.1, 0.15) is 5.82 Å². The third-order valence-electron chi connectivity index (χ3n) is 2.46. The van der Waals surface area contributed by atoms with Crippen LogP contribution in [0.2, 0.25) is 0 Å². The highest BCUT2D eigenvalue weighted by molar-refractivity contribution is 5.59. The van der Waals surface area contributed by atoms with Gasteiger partial charge in [-0.2, -0.15) is 0 Å². The number of nitrogens with two attached hydrogens (primary N) is 1. The normalized spacial score (nSPS) is 12.5. The number of aromatic nitrogens is 1. The monoisotopic (exact) mass is 224 g/mol. The predicted molar refractivity (Wildman–Crippen MR) is 63.2 cm³/mol. The van der Waals surface area contributed by atoms with Gasteiger partial charge in [-0.3, -0.25) is 10.1 Å². The van der Waals surface area contributed by atoms with E-state index in [9.17, 15) is 10.1 Å². The molecule has 3 N–H and O–H groups in total. The first-order chi connectivity index (χ1) is 7.41. The third-order valence-corrected chi connectivity index (χ3v) is 2.46. The molecule has 1 unspecified atom stereocenters. The van der Waals surface area contributed by atoms with Gasteiger partial charge in [-0.25, -0.2) is 4.98 Å². The summed E-state index contributed by atoms with van der Waals surface area (Å²) in [5.41, 5.74) is 5.45. The molecular formula is C10H16N4O2. The van der Waals surface area contributed by atoms with E-state index in [-0.39, 0.29) is 23.4 Å². The van der Waals surface area contributed by atoms with Gasteiger partial charge < -0.3 is 11.1 Å². The molecule has 0 saturated heterocycles. The van der Waals surface area contributed by atoms with E-state index in [1.807, 2.05) is 20.8 Å². The minimum atomic E-state index is -0.470. The summed E-state index contributed by atoms with van der Waals surface area (Å²) in [6.45, 7) is 5.99. The van der Waals surface area contributed by atoms with Crippen LogP contribution >= 0.6 is 0 Å². The Morgan fingerprint density at radius 2 is 2.06 bits per heavy atom. The number of nitrogens with zero attached hydrogens (tertiary/aromatic N) is 2. The fraction of sp³-hybridized carbons (Fsp3) is 0.500. The molecule has 0 aromatic carbocycles. The second-order valence-electron chi connectivity index (χ2n) is 4.04. The number of hydrogen-bond acceptors (Lipinski definition) is 5. The van der Waals surface area contributed by atoms with Gasteiger partial charge >= 0.3 is 5.69 Å². The SMILES string of the molecule is CC(C)C(C)Nc1nc(N)ccc1[N+](=O)[O-]. The lowest BCUT2D eigenvalue weighted by Gasteiger charge is -2.17. The Hall–Kier alpha value is -1.85. The van der Waals surface area contributed by atoms with Gasteiger partial charge in [-0.05, 0) is 18.9 Å². The number of nitrogen functional groups attached to an aromatic ring is 1. The number of nitro groups is 1. The second-order valence-corrected chi connectivity index (χ2v) is 4.04. The summed E-state index contributed by atoms with van der Waals surface area (Å²) in [5.74, 6) is 0.845. The summed E-state index contributed by atoms with van der Waals surface area (Å²) < 4.78 is 0. The average molecular weight is 224 g/mol. The molecule has 0 aliphatic rings. The van der Waals surface area contributed by atoms with Crippen molar-refractivity contribution in [2.24, 2.45) is 5.92 Å². The molecule has 0 radical (unpaired) electrons. The van der Waals surface area contributed by atoms with Crippen LogP contribution in [0.5, 0.6) is 0 Å². The lowest BCUT2D eigenvalue weighted by Crippen LogP contribution is -2.23. The van der Waals surface area contributed by atoms with Gasteiger partial charge in [0.15, 0.2) is 0 Å². The lowest BCUT2D eigenvalue weighted by atomic mass is 10.1. The topological polar surface area (TPSA) is 94.1 Å². The van der Waals surface area contributed by atoms with Crippen molar-refractivity contribution in [1.29, 1.82) is 0 Å². The zero-order valence-electron chi connectivity index (χ0n) is 9.60. The van der Waals surface area contributed by atoms with E-state index in [0.717, 1.165) is 0 Å². The first-order valence-corrected chi connectivity index (χ1v) is 5.09. The summed E-state index contributed by atoms with van der Waals surface area (Å²) in [6.07, 6.45) is 0. The fourth-order valence-corrected chi connectivity index (χ4v) is 1.10. The zero-order chi connectivity index (χ0) is 12.3. The molecule has 6 heteroatoms. The third kappa shape index (κ3) is 2.82. The van der Waals surface area contributed by atoms with E-state index in [1.165, 1.54) is 12.1 Å². The molecular weight excluding hydrogens is 208 g/mol. The van der Waals surface area contributed by atoms with E-state index in [2.05, 4.69) is 10.3 Å². The Labute approximate surface area is 94.0 Å². The highest BCUT2D eigenvalue weighted by Crippen LogP contribution is 2.24. The number of pyridine rings is 1. The minimum absolute atomic E-state index is 0.0540. The molecule has 0 fully saturated rings. The van der Waals surface area contributed by atoms with E-state index in [4.69, 9.17) is 5.73 Å². The van der Waals surface area contributed by atoms with Crippen LogP contribution in [0.3, 0.4) is 0 Å². The molecule has 1 rings (SSSR count). The molecule has 0 bridgehead atoms. The lowest BCUT2D eigenvalue weighted by molar-refractivity contribution is -0.384. The van der Waals surface area contributed by atoms with Crippen LogP contribution in [0.25, 0.3) is 0 Å². The number of anilines is 2. The van der Waals surface area contributed by atoms with E-state index in [1.54, 1.807) is 0 Å². The summed E-state index contributed by atoms with van der Waals surface area (Å²) >= 11 is 0. The van der Waals surface area contributed by atoms with Gasteiger partial charge in [-0.1, -0.05) is 13.8 Å². The standard InChI is InChI=1S/C10H16N4O2/c1-6(2)7(3)12-10-8(14(15)16)4-5-9(11)13-10/h4-7H,1-3H3,(H3,11,12,13). The van der Waals surface area contributed by atoms with Crippen LogP contribution < -0.4 is 11.1 Å². The van der Waals surface area contributed by atoms with Crippen molar-refractivity contribution in [3.63, 3.8) is 0 Å². The Morgan fingerprint density at radius 3 is 2.56 bits per heavy atom. The highest BCUT2D eigenvalue weighted by atomic mass is 16.6. The number of hydrogen-bond donors (Lipinski definition) is 2. The van der Waals surface area contributed by atoms with Crippen molar-refractivity contribution in [3.05, 3.63) is 22.2 Å². The Morgan fingerprint density at radius 1 is 1.44 bits per heavy atom. The van der Waals surface area contributed by atoms with Crippen molar-refractivity contribution < 1.29 is 4.92 Å². The summed E-state index contributed by atoms with van der Waals surface area (Å²) in [7, 11) is 0. The zero-order valence-corrected chi connectivity index (χ0v) is 9.60. The van der Waals surface area contributed by atoms with Crippen LogP contribution in [0.4, 0.5) is 17.3 Å². The highest BCUT2D eigenvalue weighted by Gasteiger charge is 2.18. The smallest absolute Gasteiger partial charge is 0.311 e. The molecule has 1 aromatic heterocycles. The molecule has 0 aliphatic heterocycles. The van der Waals surface area contributed by atoms with Gasteiger partial charge in [0, 0.05) is 12.1 Å². The molecule has 16 heavy (non-hydrogen) atoms. The molecule has 1 atom stereocenters. The maximum atomic E-state index is 10.8. The first kappa shape index (κ1) is 12.2. The van der Waals surface area contributed by atoms with Crippen LogP contribution in [0, 0.1) is 16.0 Å². The van der Waals surface area contributed by atoms with Crippen molar-refractivity contribution >= 4 is 17.3 Å². The molecule has 0 spiro atoms. The molecule has 0 saturated carbocycles. The number of nitrogens with one attached hydrogen (secondary N) is 1. The van der Waals surface area contributed by atoms with Crippen LogP contribution in [-0.2, 0) is 0 Å². The molecule has 0 aliphatic carbocycles. The van der Waals surface area contributed by atoms with Crippen LogP contribution in [-0.4, -0.2) is 15.9 Å². The maximum Gasteiger partial charge on any atom is 0.311 e. The Bertz CT molecular complexity index is 392. The minimum Gasteiger partial charge on any atom is -0.384 e. The largest absolute Gasteiger partial charge is 0.384 e. The second kappa shape index (κ2) is 4.78. The van der Waals surface area contributed by atoms with E-state index in [0.29, 0.717) is 5.92 Å². The Balaban J connectivity index is 3.01. The fourth-order valence-electron chi connectivity index (χ4n) is 1.10. The summed E-state index contributed by atoms with van der Waals surface area (Å²) in [5, 5.41) is 13.8. The summed E-state index contributed by atoms with van der Waals surface area (Å²) in [4.78, 5) is 14.2. The van der Waals surface area contributed by atoms with Crippen LogP contribution in [0.15, 0.2) is 12.1 Å². The van der Waals surface area contributed by atoms with E-state index < -0.39 is 4.92 Å². The van der Waals surface area contributed by atoms with Crippen molar-refractivity contribution in [1.82, 2.24) is 4.98 Å². The number of rotatable bonds is 4. The van der Waals surface area contributed by atoms with Crippen molar-refractivity contribution in [2.45, 2.75) is 26.8 Å². The van der Waals surface area contributed by atoms with Crippen molar-refractivity contribution in [3.8, 4) is 0 Å². The molecule has 1 aromatic rings. The average Bonchev–Trinajstić information content (AvgIpc) is 2.16. The quantitative estimate of drug-likeness (QED) is 0.602. The van der Waals surface area contributed by atoms with Gasteiger partial charge in [0.2, 0.25) is 5.82 Å². The molecule has 6 nitrogen and oxygen atoms in total. The van der Waals surface area contributed by atoms with Gasteiger partial charge in [0.25, 0.3) is 0 Å². The maximum absolute atomic E-state index is 10.8. The van der Waals surface area contributed by atoms with Gasteiger partial charge in [0.05, 0.1) is 4.92 Å². The van der Waals surface area contributed by atoms with Crippen LogP contribution in [0.1, 0.15) is 20.8 Å². The molecule has 1 heterocycles. The summed E-state index contributed by atoms with van der Waals surface area (Å²) in [6, 6.07) is 2.87. The molecule has 88 valence electrons. The van der Waals surface area contributed by atoms with Gasteiger partial charge in [-0.15, -0.1) is 0 Å².